The lowest BCUT2D eigenvalue weighted by molar-refractivity contribution is -0.117. The number of rotatable bonds is 14. The Hall–Kier alpha value is -4.61. The van der Waals surface area contributed by atoms with E-state index in [0.717, 1.165) is 0 Å². The van der Waals surface area contributed by atoms with Gasteiger partial charge in [-0.15, -0.1) is 0 Å². The standard InChI is InChI=1S/C37H40N2O11S3.C5H10O4S/c1-36(2)18-22(20-52(44,45)46)26-14-28-33(16-30(26)38(36)5)50-34-17-31-27(23(21-53(47,48)49)19-37(3,4)39(31)6)15-29(34)35(28)25-11-8-7-10-24(25)32(40)12-9-13-51(41,42)43;1-5(6)3-2-4-10(7,8)9/h7-8,10-11,14-19H,9,12-13,20-21H2,1-6H3,(H2-,41,42,43,44,45,46,47,48,49);2-4H2,1H3,(H,7,8,9)/p+1. The van der Waals surface area contributed by atoms with Crippen LogP contribution < -0.4 is 24.8 Å². The summed E-state index contributed by atoms with van der Waals surface area (Å²) in [6.45, 7) is 8.98. The first-order valence-electron chi connectivity index (χ1n) is 19.5. The zero-order valence-corrected chi connectivity index (χ0v) is 39.0. The van der Waals surface area contributed by atoms with Gasteiger partial charge in [-0.1, -0.05) is 30.3 Å². The van der Waals surface area contributed by atoms with Gasteiger partial charge in [-0.2, -0.15) is 33.7 Å². The second-order valence-electron chi connectivity index (χ2n) is 16.9. The summed E-state index contributed by atoms with van der Waals surface area (Å²) in [5.41, 5.74) is 2.62. The van der Waals surface area contributed by atoms with Crippen LogP contribution in [0.25, 0.3) is 16.7 Å². The summed E-state index contributed by atoms with van der Waals surface area (Å²) < 4.78 is 138. The Morgan fingerprint density at radius 2 is 1.24 bits per heavy atom. The Kier molecular flexibility index (Phi) is 13.9. The van der Waals surface area contributed by atoms with Gasteiger partial charge in [0.25, 0.3) is 40.5 Å². The third-order valence-electron chi connectivity index (χ3n) is 11.1. The first-order chi connectivity index (χ1) is 28.8. The quantitative estimate of drug-likeness (QED) is 0.0795. The summed E-state index contributed by atoms with van der Waals surface area (Å²) in [7, 11) is -13.4. The highest BCUT2D eigenvalue weighted by molar-refractivity contribution is 7.86. The average molecular weight is 952 g/mol. The second-order valence-corrected chi connectivity index (χ2v) is 22.9. The van der Waals surface area contributed by atoms with E-state index in [-0.39, 0.29) is 42.8 Å². The normalized spacial score (nSPS) is 16.5. The van der Waals surface area contributed by atoms with Crippen LogP contribution in [0.2, 0.25) is 0 Å². The number of likely N-dealkylation sites (N-methyl/N-ethyl adjacent to an activating group) is 2. The van der Waals surface area contributed by atoms with Gasteiger partial charge < -0.3 is 14.4 Å². The molecule has 0 unspecified atom stereocenters. The van der Waals surface area contributed by atoms with E-state index in [1.807, 2.05) is 51.3 Å². The lowest BCUT2D eigenvalue weighted by Crippen LogP contribution is -2.47. The lowest BCUT2D eigenvalue weighted by Gasteiger charge is -2.41. The molecule has 3 heterocycles. The van der Waals surface area contributed by atoms with Gasteiger partial charge in [0.05, 0.1) is 28.7 Å². The van der Waals surface area contributed by atoms with E-state index in [0.29, 0.717) is 66.7 Å². The maximum atomic E-state index is 13.8. The number of ketones is 2. The third-order valence-corrected chi connectivity index (χ3v) is 14.0. The van der Waals surface area contributed by atoms with E-state index in [1.54, 1.807) is 60.7 Å². The van der Waals surface area contributed by atoms with Gasteiger partial charge in [-0.05, 0) is 68.5 Å². The van der Waals surface area contributed by atoms with Crippen LogP contribution in [0.4, 0.5) is 5.69 Å². The minimum atomic E-state index is -4.46. The summed E-state index contributed by atoms with van der Waals surface area (Å²) in [5.74, 6) is -1.96. The minimum Gasteiger partial charge on any atom is -0.456 e. The molecule has 0 fully saturated rings. The van der Waals surface area contributed by atoms with E-state index in [1.165, 1.54) is 6.92 Å². The minimum absolute atomic E-state index is 0.0661. The van der Waals surface area contributed by atoms with Crippen LogP contribution in [0, 0.1) is 0 Å². The molecule has 4 N–H and O–H groups in total. The van der Waals surface area contributed by atoms with Crippen LogP contribution in [-0.2, 0) is 45.3 Å². The molecule has 0 atom stereocenters. The van der Waals surface area contributed by atoms with E-state index < -0.39 is 74.6 Å². The van der Waals surface area contributed by atoms with Crippen molar-refractivity contribution in [3.8, 4) is 11.5 Å². The molecule has 0 aromatic heterocycles. The Labute approximate surface area is 367 Å². The highest BCUT2D eigenvalue weighted by Gasteiger charge is 2.37. The number of carbonyl (C=O) groups is 2. The molecule has 21 heteroatoms. The van der Waals surface area contributed by atoms with E-state index in [9.17, 15) is 56.9 Å². The fourth-order valence-corrected chi connectivity index (χ4v) is 10.1. The van der Waals surface area contributed by atoms with E-state index in [4.69, 9.17) is 9.29 Å². The van der Waals surface area contributed by atoms with E-state index >= 15 is 0 Å². The molecule has 342 valence electrons. The Bertz CT molecular complexity index is 3060. The fourth-order valence-electron chi connectivity index (χ4n) is 7.77. The van der Waals surface area contributed by atoms with Gasteiger partial charge in [-0.25, -0.2) is 4.58 Å². The van der Waals surface area contributed by atoms with Crippen molar-refractivity contribution in [2.75, 3.05) is 42.0 Å². The molecule has 6 rings (SSSR count). The Morgan fingerprint density at radius 1 is 0.683 bits per heavy atom. The van der Waals surface area contributed by atoms with Crippen LogP contribution >= 0.6 is 0 Å². The van der Waals surface area contributed by atoms with Gasteiger partial charge in [0.2, 0.25) is 5.36 Å². The van der Waals surface area contributed by atoms with Crippen LogP contribution in [0.15, 0.2) is 60.7 Å². The smallest absolute Gasteiger partial charge is 0.269 e. The Morgan fingerprint density at radius 3 is 1.79 bits per heavy atom. The number of fused-ring (bicyclic) bond motifs is 4. The topological polar surface area (TPSA) is 267 Å². The summed E-state index contributed by atoms with van der Waals surface area (Å²) in [6, 6.07) is 13.8. The van der Waals surface area contributed by atoms with Crippen molar-refractivity contribution in [3.63, 3.8) is 0 Å². The number of carbonyl (C=O) groups excluding carboxylic acids is 2. The molecule has 0 saturated carbocycles. The summed E-state index contributed by atoms with van der Waals surface area (Å²) in [4.78, 5) is 26.0. The number of ether oxygens (including phenoxy) is 1. The fraction of sp³-hybridized carbons (Fsp3) is 0.405. The maximum Gasteiger partial charge on any atom is 0.269 e. The SMILES string of the molecule is CC(=O)CCCS(=O)(=O)O.CN1c2cc3c(cc2C(CS(=O)(=O)O)=CC1(C)C)C(c1ccccc1C(=O)CCCS(=O)(=O)O)=c1cc2c(cc1O3)=[N+](C)C(C)(C)C=C2CS(=O)(=O)O. The second kappa shape index (κ2) is 17.8. The number of nitrogens with zero attached hydrogens (tertiary/aromatic N) is 2. The lowest BCUT2D eigenvalue weighted by atomic mass is 9.83. The van der Waals surface area contributed by atoms with Gasteiger partial charge in [0.1, 0.15) is 35.8 Å². The van der Waals surface area contributed by atoms with E-state index in [2.05, 4.69) is 0 Å². The number of hydrogen-bond donors (Lipinski definition) is 4. The molecule has 3 aromatic rings. The monoisotopic (exact) mass is 951 g/mol. The molecule has 17 nitrogen and oxygen atoms in total. The summed E-state index contributed by atoms with van der Waals surface area (Å²) in [5, 5.41) is 1.09. The zero-order valence-electron chi connectivity index (χ0n) is 35.7. The molecule has 3 aliphatic heterocycles. The number of anilines is 1. The predicted molar refractivity (Wildman–Crippen MR) is 239 cm³/mol. The average Bonchev–Trinajstić information content (AvgIpc) is 3.11. The zero-order chi connectivity index (χ0) is 47.2. The van der Waals surface area contributed by atoms with Crippen molar-refractivity contribution in [1.82, 2.24) is 4.58 Å². The molecular formula is C42H51N2O15S4+. The molecule has 0 amide bonds. The number of Topliss-reactive ketones (excluding diaryl/α,β-unsaturated/α-hetero) is 2. The highest BCUT2D eigenvalue weighted by atomic mass is 32.2. The number of hydrogen-bond acceptors (Lipinski definition) is 12. The van der Waals surface area contributed by atoms with Crippen LogP contribution in [0.5, 0.6) is 11.5 Å². The first-order valence-corrected chi connectivity index (χ1v) is 26.0. The first kappa shape index (κ1) is 49.4. The van der Waals surface area contributed by atoms with Gasteiger partial charge in [-0.3, -0.25) is 23.0 Å². The summed E-state index contributed by atoms with van der Waals surface area (Å²) >= 11 is 0. The predicted octanol–water partition coefficient (Wildman–Crippen LogP) is 3.82. The van der Waals surface area contributed by atoms with Crippen molar-refractivity contribution in [2.24, 2.45) is 0 Å². The van der Waals surface area contributed by atoms with Crippen LogP contribution in [-0.4, -0.2) is 112 Å². The van der Waals surface area contributed by atoms with Gasteiger partial charge in [0.15, 0.2) is 11.3 Å². The molecule has 0 aliphatic carbocycles. The van der Waals surface area contributed by atoms with Gasteiger partial charge >= 0.3 is 0 Å². The maximum absolute atomic E-state index is 13.8. The summed E-state index contributed by atoms with van der Waals surface area (Å²) in [6.07, 6.45) is 3.61. The molecule has 0 radical (unpaired) electrons. The van der Waals surface area contributed by atoms with Crippen molar-refractivity contribution in [1.29, 1.82) is 0 Å². The van der Waals surface area contributed by atoms with Crippen LogP contribution in [0.3, 0.4) is 0 Å². The largest absolute Gasteiger partial charge is 0.456 e. The highest BCUT2D eigenvalue weighted by Crippen LogP contribution is 2.46. The Balaban J connectivity index is 0.000000667. The van der Waals surface area contributed by atoms with Gasteiger partial charge in [0, 0.05) is 73.0 Å². The van der Waals surface area contributed by atoms with Crippen molar-refractivity contribution < 1.29 is 66.2 Å². The molecule has 0 bridgehead atoms. The third kappa shape index (κ3) is 12.1. The van der Waals surface area contributed by atoms with Crippen molar-refractivity contribution in [3.05, 3.63) is 99.1 Å². The van der Waals surface area contributed by atoms with Crippen LogP contribution in [0.1, 0.15) is 92.9 Å². The molecule has 0 saturated heterocycles. The molecule has 0 spiro atoms. The molecule has 63 heavy (non-hydrogen) atoms. The molecular weight excluding hydrogens is 901 g/mol. The van der Waals surface area contributed by atoms with Crippen molar-refractivity contribution >= 4 is 74.4 Å². The number of benzene rings is 3. The molecule has 3 aliphatic rings. The molecule has 3 aromatic carbocycles. The van der Waals surface area contributed by atoms with Crippen molar-refractivity contribution in [2.45, 2.75) is 71.4 Å².